The van der Waals surface area contributed by atoms with Crippen molar-refractivity contribution < 1.29 is 23.5 Å². The largest absolute Gasteiger partial charge is 0.481 e. The van der Waals surface area contributed by atoms with Crippen molar-refractivity contribution in [3.05, 3.63) is 0 Å². The van der Waals surface area contributed by atoms with E-state index in [1.807, 2.05) is 13.8 Å². The molecule has 0 aliphatic carbocycles. The maximum Gasteiger partial charge on any atom is 0.331 e. The molecule has 0 radical (unpaired) electrons. The predicted octanol–water partition coefficient (Wildman–Crippen LogP) is 1.97. The number of carboxylic acids is 1. The Hall–Kier alpha value is -0.380. The first-order valence-corrected chi connectivity index (χ1v) is 6.58. The Bertz CT molecular complexity index is 285. The molecule has 88 valence electrons. The second kappa shape index (κ2) is 4.24. The lowest BCUT2D eigenvalue weighted by molar-refractivity contribution is -0.140. The van der Waals surface area contributed by atoms with E-state index in [1.54, 1.807) is 0 Å². The van der Waals surface area contributed by atoms with Crippen LogP contribution in [0.4, 0.5) is 0 Å². The van der Waals surface area contributed by atoms with E-state index in [0.29, 0.717) is 13.2 Å². The molecule has 1 unspecified atom stereocenters. The van der Waals surface area contributed by atoms with Crippen molar-refractivity contribution in [2.24, 2.45) is 11.3 Å². The maximum atomic E-state index is 11.9. The molecule has 0 spiro atoms. The highest BCUT2D eigenvalue weighted by Crippen LogP contribution is 2.54. The lowest BCUT2D eigenvalue weighted by Gasteiger charge is -2.34. The van der Waals surface area contributed by atoms with E-state index >= 15 is 0 Å². The first-order chi connectivity index (χ1) is 6.74. The lowest BCUT2D eigenvalue weighted by Crippen LogP contribution is -2.31. The highest BCUT2D eigenvalue weighted by Gasteiger charge is 2.38. The fraction of sp³-hybridized carbons (Fsp3) is 0.889. The van der Waals surface area contributed by atoms with Crippen molar-refractivity contribution in [1.29, 1.82) is 0 Å². The molecule has 0 amide bonds. The Morgan fingerprint density at radius 1 is 1.47 bits per heavy atom. The summed E-state index contributed by atoms with van der Waals surface area (Å²) in [5.41, 5.74) is -0.152. The normalized spacial score (nSPS) is 25.8. The monoisotopic (exact) mass is 236 g/mol. The summed E-state index contributed by atoms with van der Waals surface area (Å²) < 4.78 is 22.3. The molecule has 0 aromatic carbocycles. The molecule has 6 heteroatoms. The maximum absolute atomic E-state index is 11.9. The molecule has 1 N–H and O–H groups in total. The number of hydrogen-bond acceptors (Lipinski definition) is 4. The molecule has 1 heterocycles. The Morgan fingerprint density at radius 3 is 2.33 bits per heavy atom. The van der Waals surface area contributed by atoms with Crippen molar-refractivity contribution in [3.8, 4) is 0 Å². The van der Waals surface area contributed by atoms with Crippen LogP contribution >= 0.6 is 7.60 Å². The third-order valence-electron chi connectivity index (χ3n) is 2.22. The molecule has 0 saturated carbocycles. The van der Waals surface area contributed by atoms with Gasteiger partial charge in [-0.25, -0.2) is 0 Å². The zero-order valence-corrected chi connectivity index (χ0v) is 10.1. The Morgan fingerprint density at radius 2 is 1.93 bits per heavy atom. The molecule has 0 bridgehead atoms. The van der Waals surface area contributed by atoms with E-state index < -0.39 is 19.5 Å². The smallest absolute Gasteiger partial charge is 0.331 e. The summed E-state index contributed by atoms with van der Waals surface area (Å²) in [6.07, 6.45) is -0.0571. The van der Waals surface area contributed by atoms with Gasteiger partial charge in [0, 0.05) is 5.41 Å². The quantitative estimate of drug-likeness (QED) is 0.758. The van der Waals surface area contributed by atoms with E-state index in [2.05, 4.69) is 0 Å². The molecular weight excluding hydrogens is 219 g/mol. The minimum atomic E-state index is -3.18. The summed E-state index contributed by atoms with van der Waals surface area (Å²) >= 11 is 0. The minimum absolute atomic E-state index is 0.0571. The van der Waals surface area contributed by atoms with Crippen LogP contribution in [0.3, 0.4) is 0 Å². The van der Waals surface area contributed by atoms with Crippen LogP contribution in [0.5, 0.6) is 0 Å². The van der Waals surface area contributed by atoms with E-state index in [1.165, 1.54) is 6.92 Å². The number of hydrogen-bond donors (Lipinski definition) is 1. The van der Waals surface area contributed by atoms with Gasteiger partial charge in [-0.2, -0.15) is 0 Å². The molecule has 1 aliphatic rings. The lowest BCUT2D eigenvalue weighted by atomic mass is 9.97. The van der Waals surface area contributed by atoms with Crippen LogP contribution in [0, 0.1) is 11.3 Å². The average molecular weight is 236 g/mol. The minimum Gasteiger partial charge on any atom is -0.481 e. The van der Waals surface area contributed by atoms with E-state index in [9.17, 15) is 9.36 Å². The topological polar surface area (TPSA) is 72.8 Å². The standard InChI is InChI=1S/C9H17O5P/c1-7(8(10)11)4-15(12)13-5-9(2,3)6-14-15/h7H,4-6H2,1-3H3,(H,10,11). The van der Waals surface area contributed by atoms with Crippen LogP contribution in [-0.4, -0.2) is 30.5 Å². The summed E-state index contributed by atoms with van der Waals surface area (Å²) in [5, 5.41) is 8.70. The first-order valence-electron chi connectivity index (χ1n) is 4.85. The molecule has 0 aromatic rings. The Labute approximate surface area is 89.3 Å². The van der Waals surface area contributed by atoms with Gasteiger partial charge in [-0.15, -0.1) is 0 Å². The van der Waals surface area contributed by atoms with Gasteiger partial charge in [0.05, 0.1) is 25.3 Å². The molecule has 5 nitrogen and oxygen atoms in total. The molecule has 1 atom stereocenters. The number of carboxylic acid groups (broad SMARTS) is 1. The fourth-order valence-corrected chi connectivity index (χ4v) is 3.35. The Balaban J connectivity index is 2.56. The van der Waals surface area contributed by atoms with Crippen molar-refractivity contribution in [2.45, 2.75) is 20.8 Å². The van der Waals surface area contributed by atoms with E-state index in [0.717, 1.165) is 0 Å². The van der Waals surface area contributed by atoms with Gasteiger partial charge in [0.2, 0.25) is 0 Å². The average Bonchev–Trinajstić information content (AvgIpc) is 2.11. The van der Waals surface area contributed by atoms with Gasteiger partial charge in [0.15, 0.2) is 0 Å². The molecule has 1 aliphatic heterocycles. The second-order valence-electron chi connectivity index (χ2n) is 4.74. The summed E-state index contributed by atoms with van der Waals surface area (Å²) in [5.74, 6) is -1.70. The second-order valence-corrected chi connectivity index (χ2v) is 6.85. The van der Waals surface area contributed by atoms with Crippen molar-refractivity contribution in [2.75, 3.05) is 19.4 Å². The van der Waals surface area contributed by atoms with Crippen LogP contribution < -0.4 is 0 Å². The van der Waals surface area contributed by atoms with Gasteiger partial charge < -0.3 is 14.2 Å². The zero-order valence-electron chi connectivity index (χ0n) is 9.23. The van der Waals surface area contributed by atoms with Gasteiger partial charge in [-0.3, -0.25) is 9.36 Å². The van der Waals surface area contributed by atoms with Crippen molar-refractivity contribution >= 4 is 13.6 Å². The van der Waals surface area contributed by atoms with Gasteiger partial charge in [-0.1, -0.05) is 20.8 Å². The molecule has 0 aromatic heterocycles. The molecule has 15 heavy (non-hydrogen) atoms. The van der Waals surface area contributed by atoms with Gasteiger partial charge in [0.25, 0.3) is 0 Å². The SMILES string of the molecule is CC(CP1(=O)OCC(C)(C)CO1)C(=O)O. The van der Waals surface area contributed by atoms with E-state index in [4.69, 9.17) is 14.2 Å². The third kappa shape index (κ3) is 3.59. The van der Waals surface area contributed by atoms with Crippen LogP contribution in [0.1, 0.15) is 20.8 Å². The fourth-order valence-electron chi connectivity index (χ4n) is 1.14. The zero-order chi connectivity index (χ0) is 11.7. The predicted molar refractivity (Wildman–Crippen MR) is 55.0 cm³/mol. The Kier molecular flexibility index (Phi) is 3.59. The van der Waals surface area contributed by atoms with Gasteiger partial charge in [0.1, 0.15) is 0 Å². The highest BCUT2D eigenvalue weighted by molar-refractivity contribution is 7.53. The highest BCUT2D eigenvalue weighted by atomic mass is 31.2. The van der Waals surface area contributed by atoms with Crippen LogP contribution in [0.25, 0.3) is 0 Å². The van der Waals surface area contributed by atoms with Crippen LogP contribution in [0.15, 0.2) is 0 Å². The first kappa shape index (κ1) is 12.7. The van der Waals surface area contributed by atoms with Crippen molar-refractivity contribution in [1.82, 2.24) is 0 Å². The third-order valence-corrected chi connectivity index (χ3v) is 4.26. The van der Waals surface area contributed by atoms with E-state index in [-0.39, 0.29) is 11.6 Å². The summed E-state index contributed by atoms with van der Waals surface area (Å²) in [4.78, 5) is 10.6. The number of aliphatic carboxylic acids is 1. The summed E-state index contributed by atoms with van der Waals surface area (Å²) in [6, 6.07) is 0. The van der Waals surface area contributed by atoms with Gasteiger partial charge >= 0.3 is 13.6 Å². The van der Waals surface area contributed by atoms with Crippen LogP contribution in [0.2, 0.25) is 0 Å². The van der Waals surface area contributed by atoms with Gasteiger partial charge in [-0.05, 0) is 0 Å². The molecular formula is C9H17O5P. The van der Waals surface area contributed by atoms with Crippen molar-refractivity contribution in [3.63, 3.8) is 0 Å². The summed E-state index contributed by atoms with van der Waals surface area (Å²) in [6.45, 7) is 6.07. The molecule has 1 saturated heterocycles. The molecule has 1 fully saturated rings. The van der Waals surface area contributed by atoms with Crippen LogP contribution in [-0.2, 0) is 18.4 Å². The number of rotatable bonds is 3. The summed E-state index contributed by atoms with van der Waals surface area (Å²) in [7, 11) is -3.18. The molecule has 1 rings (SSSR count). The number of carbonyl (C=O) groups is 1.